The van der Waals surface area contributed by atoms with E-state index in [0.29, 0.717) is 5.69 Å². The maximum atomic E-state index is 13.3. The molecule has 0 saturated carbocycles. The normalized spacial score (nSPS) is 14.4. The minimum atomic E-state index is -0.385. The van der Waals surface area contributed by atoms with Gasteiger partial charge >= 0.3 is 6.03 Å². The summed E-state index contributed by atoms with van der Waals surface area (Å²) in [6.45, 7) is 1.49. The van der Waals surface area contributed by atoms with Gasteiger partial charge in [-0.15, -0.1) is 10.2 Å². The Morgan fingerprint density at radius 2 is 1.82 bits per heavy atom. The van der Waals surface area contributed by atoms with E-state index < -0.39 is 0 Å². The van der Waals surface area contributed by atoms with Gasteiger partial charge in [0.1, 0.15) is 11.5 Å². The van der Waals surface area contributed by atoms with Gasteiger partial charge < -0.3 is 15.5 Å². The van der Waals surface area contributed by atoms with E-state index in [1.54, 1.807) is 23.0 Å². The van der Waals surface area contributed by atoms with Crippen LogP contribution in [0.3, 0.4) is 0 Å². The predicted octanol–water partition coefficient (Wildman–Crippen LogP) is 3.96. The Kier molecular flexibility index (Phi) is 5.60. The zero-order valence-electron chi connectivity index (χ0n) is 18.2. The first-order valence-electron chi connectivity index (χ1n) is 10.9. The topological polar surface area (TPSA) is 88.0 Å². The van der Waals surface area contributed by atoms with Crippen molar-refractivity contribution in [2.75, 3.05) is 23.3 Å². The van der Waals surface area contributed by atoms with Crippen LogP contribution in [0.1, 0.15) is 12.8 Å². The molecule has 1 fully saturated rings. The fourth-order valence-electron chi connectivity index (χ4n) is 4.27. The van der Waals surface area contributed by atoms with Crippen LogP contribution in [0, 0.1) is 5.82 Å². The van der Waals surface area contributed by atoms with Gasteiger partial charge in [-0.05, 0) is 37.1 Å². The monoisotopic (exact) mass is 445 g/mol. The molecule has 5 rings (SSSR count). The van der Waals surface area contributed by atoms with Crippen LogP contribution >= 0.6 is 0 Å². The maximum absolute atomic E-state index is 13.3. The molecule has 1 saturated heterocycles. The fraction of sp³-hybridized carbons (Fsp3) is 0.250. The molecular formula is C24H24FN7O. The van der Waals surface area contributed by atoms with Gasteiger partial charge in [-0.1, -0.05) is 30.3 Å². The average Bonchev–Trinajstić information content (AvgIpc) is 3.24. The molecule has 2 amide bonds. The number of anilines is 2. The summed E-state index contributed by atoms with van der Waals surface area (Å²) in [5.41, 5.74) is 2.15. The Hall–Kier alpha value is -4.01. The summed E-state index contributed by atoms with van der Waals surface area (Å²) < 4.78 is 15.1. The summed E-state index contributed by atoms with van der Waals surface area (Å²) in [5, 5.41) is 21.1. The molecule has 168 valence electrons. The Labute approximate surface area is 190 Å². The van der Waals surface area contributed by atoms with Crippen molar-refractivity contribution >= 4 is 28.3 Å². The zero-order chi connectivity index (χ0) is 22.8. The minimum absolute atomic E-state index is 0.0303. The van der Waals surface area contributed by atoms with Crippen LogP contribution in [-0.4, -0.2) is 45.1 Å². The van der Waals surface area contributed by atoms with Crippen molar-refractivity contribution in [1.82, 2.24) is 25.3 Å². The number of aryl methyl sites for hydroxylation is 1. The van der Waals surface area contributed by atoms with E-state index >= 15 is 0 Å². The van der Waals surface area contributed by atoms with Gasteiger partial charge in [0, 0.05) is 48.8 Å². The molecular weight excluding hydrogens is 421 g/mol. The fourth-order valence-corrected chi connectivity index (χ4v) is 4.27. The second-order valence-corrected chi connectivity index (χ2v) is 8.13. The van der Waals surface area contributed by atoms with Gasteiger partial charge in [-0.2, -0.15) is 5.10 Å². The number of piperidine rings is 1. The highest BCUT2D eigenvalue weighted by Crippen LogP contribution is 2.32. The Balaban J connectivity index is 1.28. The SMILES string of the molecule is Cn1nccc1-c1nnc(N2CCC(NC(=O)Nc3cccc(F)c3)CC2)c2ccccc12. The molecule has 1 aliphatic heterocycles. The van der Waals surface area contributed by atoms with Gasteiger partial charge in [-0.25, -0.2) is 9.18 Å². The lowest BCUT2D eigenvalue weighted by Crippen LogP contribution is -2.46. The second-order valence-electron chi connectivity index (χ2n) is 8.13. The molecule has 2 N–H and O–H groups in total. The molecule has 8 nitrogen and oxygen atoms in total. The number of amides is 2. The van der Waals surface area contributed by atoms with Gasteiger partial charge in [0.15, 0.2) is 5.82 Å². The van der Waals surface area contributed by atoms with Crippen molar-refractivity contribution in [3.05, 3.63) is 66.6 Å². The molecule has 0 unspecified atom stereocenters. The van der Waals surface area contributed by atoms with Crippen LogP contribution in [0.2, 0.25) is 0 Å². The van der Waals surface area contributed by atoms with E-state index in [1.165, 1.54) is 12.1 Å². The number of hydrogen-bond acceptors (Lipinski definition) is 5. The number of benzene rings is 2. The number of rotatable bonds is 4. The highest BCUT2D eigenvalue weighted by Gasteiger charge is 2.24. The third kappa shape index (κ3) is 4.34. The molecule has 0 aliphatic carbocycles. The van der Waals surface area contributed by atoms with Crippen molar-refractivity contribution < 1.29 is 9.18 Å². The summed E-state index contributed by atoms with van der Waals surface area (Å²) in [6.07, 6.45) is 3.30. The molecule has 0 atom stereocenters. The summed E-state index contributed by atoms with van der Waals surface area (Å²) >= 11 is 0. The first-order valence-corrected chi connectivity index (χ1v) is 10.9. The van der Waals surface area contributed by atoms with Crippen molar-refractivity contribution in [2.45, 2.75) is 18.9 Å². The van der Waals surface area contributed by atoms with Crippen molar-refractivity contribution in [3.63, 3.8) is 0 Å². The predicted molar refractivity (Wildman–Crippen MR) is 126 cm³/mol. The van der Waals surface area contributed by atoms with Crippen LogP contribution in [0.25, 0.3) is 22.2 Å². The number of fused-ring (bicyclic) bond motifs is 1. The molecule has 9 heteroatoms. The number of halogens is 1. The van der Waals surface area contributed by atoms with E-state index in [1.807, 2.05) is 25.2 Å². The molecule has 2 aromatic carbocycles. The van der Waals surface area contributed by atoms with Crippen molar-refractivity contribution in [1.29, 1.82) is 0 Å². The maximum Gasteiger partial charge on any atom is 0.319 e. The number of carbonyl (C=O) groups excluding carboxylic acids is 1. The van der Waals surface area contributed by atoms with Gasteiger partial charge in [0.25, 0.3) is 0 Å². The number of hydrogen-bond donors (Lipinski definition) is 2. The van der Waals surface area contributed by atoms with Crippen LogP contribution < -0.4 is 15.5 Å². The first-order chi connectivity index (χ1) is 16.1. The van der Waals surface area contributed by atoms with Gasteiger partial charge in [0.05, 0.1) is 5.69 Å². The summed E-state index contributed by atoms with van der Waals surface area (Å²) in [5.74, 6) is 0.461. The van der Waals surface area contributed by atoms with Crippen LogP contribution in [-0.2, 0) is 7.05 Å². The Morgan fingerprint density at radius 1 is 1.03 bits per heavy atom. The molecule has 3 heterocycles. The molecule has 1 aliphatic rings. The van der Waals surface area contributed by atoms with Crippen LogP contribution in [0.4, 0.5) is 20.7 Å². The van der Waals surface area contributed by atoms with E-state index in [2.05, 4.69) is 43.0 Å². The van der Waals surface area contributed by atoms with E-state index in [0.717, 1.165) is 53.9 Å². The van der Waals surface area contributed by atoms with E-state index in [-0.39, 0.29) is 17.9 Å². The zero-order valence-corrected chi connectivity index (χ0v) is 18.2. The third-order valence-corrected chi connectivity index (χ3v) is 5.94. The molecule has 0 bridgehead atoms. The largest absolute Gasteiger partial charge is 0.354 e. The Bertz CT molecular complexity index is 1300. The lowest BCUT2D eigenvalue weighted by Gasteiger charge is -2.33. The van der Waals surface area contributed by atoms with Gasteiger partial charge in [0.2, 0.25) is 0 Å². The number of nitrogens with one attached hydrogen (secondary N) is 2. The first kappa shape index (κ1) is 20.9. The van der Waals surface area contributed by atoms with Crippen LogP contribution in [0.5, 0.6) is 0 Å². The Morgan fingerprint density at radius 3 is 2.55 bits per heavy atom. The number of carbonyl (C=O) groups is 1. The third-order valence-electron chi connectivity index (χ3n) is 5.94. The summed E-state index contributed by atoms with van der Waals surface area (Å²) in [7, 11) is 1.89. The van der Waals surface area contributed by atoms with Gasteiger partial charge in [-0.3, -0.25) is 4.68 Å². The quantitative estimate of drug-likeness (QED) is 0.497. The minimum Gasteiger partial charge on any atom is -0.354 e. The molecule has 2 aromatic heterocycles. The molecule has 0 radical (unpaired) electrons. The van der Waals surface area contributed by atoms with Crippen molar-refractivity contribution in [2.24, 2.45) is 7.05 Å². The van der Waals surface area contributed by atoms with Crippen LogP contribution in [0.15, 0.2) is 60.8 Å². The van der Waals surface area contributed by atoms with Crippen molar-refractivity contribution in [3.8, 4) is 11.4 Å². The molecule has 4 aromatic rings. The number of urea groups is 1. The second kappa shape index (κ2) is 8.85. The lowest BCUT2D eigenvalue weighted by molar-refractivity contribution is 0.246. The van der Waals surface area contributed by atoms with E-state index in [4.69, 9.17) is 0 Å². The standard InChI is InChI=1S/C24H24FN7O/c1-31-21(9-12-26-31)22-19-7-2-3-8-20(19)23(30-29-22)32-13-10-17(11-14-32)27-24(33)28-18-6-4-5-16(25)15-18/h2-9,12,15,17H,10-11,13-14H2,1H3,(H2,27,28,33). The van der Waals surface area contributed by atoms with E-state index in [9.17, 15) is 9.18 Å². The smallest absolute Gasteiger partial charge is 0.319 e. The average molecular weight is 446 g/mol. The number of aromatic nitrogens is 4. The number of nitrogens with zero attached hydrogens (tertiary/aromatic N) is 5. The summed E-state index contributed by atoms with van der Waals surface area (Å²) in [4.78, 5) is 14.5. The molecule has 33 heavy (non-hydrogen) atoms. The highest BCUT2D eigenvalue weighted by molar-refractivity contribution is 5.99. The molecule has 0 spiro atoms. The highest BCUT2D eigenvalue weighted by atomic mass is 19.1. The summed E-state index contributed by atoms with van der Waals surface area (Å²) in [6, 6.07) is 15.6. The lowest BCUT2D eigenvalue weighted by atomic mass is 10.0.